The number of carbonyl (C=O) groups is 4. The number of rotatable bonds is 4. The minimum Gasteiger partial charge on any atom is -0.383 e. The molecule has 0 saturated carbocycles. The average Bonchev–Trinajstić information content (AvgIpc) is 3.35. The number of hydrogen-bond donors (Lipinski definition) is 2. The molecule has 12 heteroatoms. The van der Waals surface area contributed by atoms with Crippen LogP contribution in [0.4, 0.5) is 29.3 Å². The van der Waals surface area contributed by atoms with Crippen LogP contribution in [-0.2, 0) is 33.5 Å². The summed E-state index contributed by atoms with van der Waals surface area (Å²) in [7, 11) is 1.41. The first-order valence-corrected chi connectivity index (χ1v) is 11.6. The Balaban J connectivity index is 1.37. The van der Waals surface area contributed by atoms with Gasteiger partial charge in [-0.25, -0.2) is 4.79 Å². The van der Waals surface area contributed by atoms with Crippen LogP contribution in [0.25, 0.3) is 0 Å². The molecule has 5 rings (SSSR count). The van der Waals surface area contributed by atoms with Crippen LogP contribution in [0.1, 0.15) is 39.9 Å². The number of nitrogens with zero attached hydrogens (tertiary/aromatic N) is 2. The van der Waals surface area contributed by atoms with E-state index < -0.39 is 35.8 Å². The van der Waals surface area contributed by atoms with E-state index in [2.05, 4.69) is 10.6 Å². The highest BCUT2D eigenvalue weighted by atomic mass is 19.4. The van der Waals surface area contributed by atoms with Crippen LogP contribution in [0.3, 0.4) is 0 Å². The smallest absolute Gasteiger partial charge is 0.383 e. The van der Waals surface area contributed by atoms with Gasteiger partial charge in [-0.2, -0.15) is 13.2 Å². The van der Waals surface area contributed by atoms with E-state index in [9.17, 15) is 32.3 Å². The first kappa shape index (κ1) is 24.8. The van der Waals surface area contributed by atoms with Gasteiger partial charge in [0.25, 0.3) is 5.91 Å². The number of urea groups is 1. The molecule has 0 radical (unpaired) electrons. The maximum atomic E-state index is 13.6. The van der Waals surface area contributed by atoms with Crippen LogP contribution in [0.5, 0.6) is 0 Å². The predicted octanol–water partition coefficient (Wildman–Crippen LogP) is 3.08. The third kappa shape index (κ3) is 4.41. The molecular weight excluding hydrogens is 493 g/mol. The Hall–Kier alpha value is -3.93. The van der Waals surface area contributed by atoms with E-state index in [1.165, 1.54) is 41.2 Å². The number of anilines is 2. The summed E-state index contributed by atoms with van der Waals surface area (Å²) in [5, 5.41) is 4.96. The van der Waals surface area contributed by atoms with Crippen LogP contribution in [0.2, 0.25) is 0 Å². The molecule has 1 saturated heterocycles. The molecule has 2 unspecified atom stereocenters. The van der Waals surface area contributed by atoms with Gasteiger partial charge in [0.1, 0.15) is 6.04 Å². The fourth-order valence-electron chi connectivity index (χ4n) is 5.24. The Morgan fingerprint density at radius 1 is 1.19 bits per heavy atom. The van der Waals surface area contributed by atoms with Crippen molar-refractivity contribution >= 4 is 35.1 Å². The molecular formula is C25H23F3N4O5. The lowest BCUT2D eigenvalue weighted by Gasteiger charge is -2.29. The minimum atomic E-state index is -4.56. The molecule has 2 aromatic carbocycles. The lowest BCUT2D eigenvalue weighted by atomic mass is 10.0. The predicted molar refractivity (Wildman–Crippen MR) is 125 cm³/mol. The van der Waals surface area contributed by atoms with Gasteiger partial charge in [0, 0.05) is 37.0 Å². The number of benzene rings is 2. The van der Waals surface area contributed by atoms with Gasteiger partial charge in [-0.15, -0.1) is 0 Å². The fourth-order valence-corrected chi connectivity index (χ4v) is 5.24. The van der Waals surface area contributed by atoms with Gasteiger partial charge in [-0.05, 0) is 54.3 Å². The maximum absolute atomic E-state index is 13.6. The molecule has 1 fully saturated rings. The van der Waals surface area contributed by atoms with Crippen LogP contribution in [-0.4, -0.2) is 54.5 Å². The van der Waals surface area contributed by atoms with Crippen molar-refractivity contribution in [1.82, 2.24) is 10.2 Å². The number of imide groups is 1. The molecule has 2 atom stereocenters. The zero-order chi connectivity index (χ0) is 26.5. The van der Waals surface area contributed by atoms with E-state index >= 15 is 0 Å². The van der Waals surface area contributed by atoms with Crippen molar-refractivity contribution in [3.8, 4) is 0 Å². The van der Waals surface area contributed by atoms with Crippen molar-refractivity contribution in [2.75, 3.05) is 23.9 Å². The largest absolute Gasteiger partial charge is 0.416 e. The quantitative estimate of drug-likeness (QED) is 0.608. The van der Waals surface area contributed by atoms with Crippen molar-refractivity contribution in [3.63, 3.8) is 0 Å². The summed E-state index contributed by atoms with van der Waals surface area (Å²) in [6.07, 6.45) is -4.21. The highest BCUT2D eigenvalue weighted by Crippen LogP contribution is 2.42. The topological polar surface area (TPSA) is 108 Å². The second kappa shape index (κ2) is 9.18. The van der Waals surface area contributed by atoms with E-state index in [4.69, 9.17) is 4.74 Å². The monoisotopic (exact) mass is 516 g/mol. The van der Waals surface area contributed by atoms with E-state index in [1.807, 2.05) is 0 Å². The molecule has 0 aromatic heterocycles. The first-order valence-electron chi connectivity index (χ1n) is 11.6. The summed E-state index contributed by atoms with van der Waals surface area (Å²) in [5.41, 5.74) is 0.717. The summed E-state index contributed by atoms with van der Waals surface area (Å²) in [4.78, 5) is 52.5. The molecule has 37 heavy (non-hydrogen) atoms. The molecule has 5 amide bonds. The number of amides is 5. The molecule has 0 aliphatic carbocycles. The maximum Gasteiger partial charge on any atom is 0.416 e. The van der Waals surface area contributed by atoms with Crippen molar-refractivity contribution in [2.24, 2.45) is 0 Å². The van der Waals surface area contributed by atoms with Crippen molar-refractivity contribution in [3.05, 3.63) is 58.7 Å². The molecule has 2 aromatic rings. The molecule has 194 valence electrons. The van der Waals surface area contributed by atoms with Gasteiger partial charge < -0.3 is 15.0 Å². The van der Waals surface area contributed by atoms with E-state index in [1.54, 1.807) is 6.07 Å². The number of ether oxygens (including phenoxy) is 1. The van der Waals surface area contributed by atoms with Crippen LogP contribution < -0.4 is 15.5 Å². The Morgan fingerprint density at radius 2 is 1.97 bits per heavy atom. The Kier molecular flexibility index (Phi) is 6.14. The number of fused-ring (bicyclic) bond motifs is 2. The van der Waals surface area contributed by atoms with Gasteiger partial charge >= 0.3 is 12.2 Å². The molecule has 3 aliphatic heterocycles. The lowest BCUT2D eigenvalue weighted by molar-refractivity contribution is -0.138. The number of carbonyl (C=O) groups excluding carboxylic acids is 4. The van der Waals surface area contributed by atoms with Gasteiger partial charge in [-0.3, -0.25) is 24.6 Å². The standard InChI is InChI=1S/C25H23F3N4O5/c1-37-12-15-10-17-18(25(26,27)28)3-2-4-19(17)32(15)24(36)29-14-5-6-16-13(9-14)11-31(23(16)35)20-7-8-21(33)30-22(20)34/h2-6,9,15,20H,7-8,10-12H2,1H3,(H,29,36)(H,30,33,34). The molecule has 2 N–H and O–H groups in total. The van der Waals surface area contributed by atoms with E-state index in [0.717, 1.165) is 6.07 Å². The Labute approximate surface area is 209 Å². The number of hydrogen-bond acceptors (Lipinski definition) is 5. The summed E-state index contributed by atoms with van der Waals surface area (Å²) in [6, 6.07) is 6.35. The van der Waals surface area contributed by atoms with Gasteiger partial charge in [-0.1, -0.05) is 6.07 Å². The zero-order valence-electron chi connectivity index (χ0n) is 19.7. The second-order valence-corrected chi connectivity index (χ2v) is 9.19. The number of piperidine rings is 1. The second-order valence-electron chi connectivity index (χ2n) is 9.19. The summed E-state index contributed by atoms with van der Waals surface area (Å²) < 4.78 is 45.9. The van der Waals surface area contributed by atoms with E-state index in [0.29, 0.717) is 16.8 Å². The van der Waals surface area contributed by atoms with Gasteiger partial charge in [0.15, 0.2) is 0 Å². The first-order chi connectivity index (χ1) is 17.6. The summed E-state index contributed by atoms with van der Waals surface area (Å²) >= 11 is 0. The molecule has 0 bridgehead atoms. The minimum absolute atomic E-state index is 0.00805. The fraction of sp³-hybridized carbons (Fsp3) is 0.360. The number of halogens is 3. The van der Waals surface area contributed by atoms with Crippen LogP contribution >= 0.6 is 0 Å². The third-order valence-corrected chi connectivity index (χ3v) is 6.87. The SMILES string of the molecule is COCC1Cc2c(cccc2C(F)(F)F)N1C(=O)Nc1ccc2c(c1)CN(C1CCC(=O)NC1=O)C2=O. The van der Waals surface area contributed by atoms with Crippen LogP contribution in [0.15, 0.2) is 36.4 Å². The van der Waals surface area contributed by atoms with Gasteiger partial charge in [0.05, 0.1) is 18.2 Å². The third-order valence-electron chi connectivity index (χ3n) is 6.87. The number of alkyl halides is 3. The van der Waals surface area contributed by atoms with Gasteiger partial charge in [0.2, 0.25) is 11.8 Å². The average molecular weight is 516 g/mol. The van der Waals surface area contributed by atoms with Crippen molar-refractivity contribution in [1.29, 1.82) is 0 Å². The molecule has 0 spiro atoms. The molecule has 3 heterocycles. The van der Waals surface area contributed by atoms with Crippen molar-refractivity contribution in [2.45, 2.75) is 44.1 Å². The zero-order valence-corrected chi connectivity index (χ0v) is 19.7. The highest BCUT2D eigenvalue weighted by molar-refractivity contribution is 6.07. The lowest BCUT2D eigenvalue weighted by Crippen LogP contribution is -2.52. The van der Waals surface area contributed by atoms with Crippen LogP contribution in [0, 0.1) is 0 Å². The summed E-state index contributed by atoms with van der Waals surface area (Å²) in [6.45, 7) is 0.164. The van der Waals surface area contributed by atoms with E-state index in [-0.39, 0.29) is 55.5 Å². The molecule has 9 nitrogen and oxygen atoms in total. The Bertz CT molecular complexity index is 1310. The Morgan fingerprint density at radius 3 is 2.68 bits per heavy atom. The van der Waals surface area contributed by atoms with Crippen molar-refractivity contribution < 1.29 is 37.1 Å². The number of nitrogens with one attached hydrogen (secondary N) is 2. The normalized spacial score (nSPS) is 21.1. The summed E-state index contributed by atoms with van der Waals surface area (Å²) in [5.74, 6) is -1.26. The molecule has 3 aliphatic rings. The number of methoxy groups -OCH3 is 1. The highest BCUT2D eigenvalue weighted by Gasteiger charge is 2.42.